The number of ether oxygens (including phenoxy) is 1. The molecule has 2 aromatic carbocycles. The quantitative estimate of drug-likeness (QED) is 0.349. The monoisotopic (exact) mass is 479 g/mol. The highest BCUT2D eigenvalue weighted by Gasteiger charge is 2.36. The van der Waals surface area contributed by atoms with Gasteiger partial charge in [-0.05, 0) is 50.5 Å². The average molecular weight is 479 g/mol. The number of nitrogens with zero attached hydrogens (tertiary/aromatic N) is 1. The van der Waals surface area contributed by atoms with Crippen LogP contribution in [0, 0.1) is 36.1 Å². The molecule has 182 valence electrons. The van der Waals surface area contributed by atoms with Crippen LogP contribution in [-0.4, -0.2) is 27.7 Å². The molecule has 0 aliphatic heterocycles. The maximum absolute atomic E-state index is 15.3. The summed E-state index contributed by atoms with van der Waals surface area (Å²) in [6.07, 6.45) is 0.00262. The van der Waals surface area contributed by atoms with Gasteiger partial charge in [0.15, 0.2) is 29.0 Å². The molecule has 3 rings (SSSR count). The number of phenols is 1. The normalized spacial score (nSPS) is 13.4. The van der Waals surface area contributed by atoms with E-state index >= 15 is 4.39 Å². The molecule has 1 aromatic heterocycles. The minimum atomic E-state index is -1.34. The van der Waals surface area contributed by atoms with Crippen LogP contribution in [0.15, 0.2) is 24.3 Å². The summed E-state index contributed by atoms with van der Waals surface area (Å²) >= 11 is 0. The van der Waals surface area contributed by atoms with E-state index in [1.54, 1.807) is 20.8 Å². The summed E-state index contributed by atoms with van der Waals surface area (Å²) < 4.78 is 63.2. The lowest BCUT2D eigenvalue weighted by molar-refractivity contribution is -0.150. The molecular formula is C25H25F4NO4. The third kappa shape index (κ3) is 4.26. The largest absolute Gasteiger partial charge is 0.503 e. The number of fused-ring (bicyclic) bond motifs is 1. The van der Waals surface area contributed by atoms with E-state index in [4.69, 9.17) is 4.74 Å². The first-order chi connectivity index (χ1) is 15.9. The van der Waals surface area contributed by atoms with E-state index in [1.807, 2.05) is 6.92 Å². The van der Waals surface area contributed by atoms with Crippen molar-refractivity contribution in [3.8, 4) is 5.75 Å². The second-order valence-electron chi connectivity index (χ2n) is 8.53. The topological polar surface area (TPSA) is 68.5 Å². The number of phenolic OH excluding ortho intramolecular Hbond substituents is 1. The highest BCUT2D eigenvalue weighted by molar-refractivity contribution is 6.05. The summed E-state index contributed by atoms with van der Waals surface area (Å²) in [5.74, 6) is -9.34. The molecule has 1 heterocycles. The van der Waals surface area contributed by atoms with Crippen molar-refractivity contribution in [3.63, 3.8) is 0 Å². The van der Waals surface area contributed by atoms with Crippen LogP contribution in [-0.2, 0) is 9.53 Å². The Morgan fingerprint density at radius 1 is 1.03 bits per heavy atom. The molecule has 0 amide bonds. The van der Waals surface area contributed by atoms with E-state index in [0.29, 0.717) is 12.5 Å². The van der Waals surface area contributed by atoms with Crippen molar-refractivity contribution in [1.82, 2.24) is 4.57 Å². The molecule has 3 aromatic rings. The van der Waals surface area contributed by atoms with E-state index < -0.39 is 52.9 Å². The number of halogens is 4. The Morgan fingerprint density at radius 2 is 1.68 bits per heavy atom. The Labute approximate surface area is 193 Å². The van der Waals surface area contributed by atoms with Crippen molar-refractivity contribution in [1.29, 1.82) is 0 Å². The molecule has 0 aliphatic carbocycles. The fourth-order valence-corrected chi connectivity index (χ4v) is 4.09. The highest BCUT2D eigenvalue weighted by atomic mass is 19.2. The molecule has 0 saturated heterocycles. The van der Waals surface area contributed by atoms with Gasteiger partial charge in [-0.3, -0.25) is 14.2 Å². The lowest BCUT2D eigenvalue weighted by Gasteiger charge is -2.24. The predicted molar refractivity (Wildman–Crippen MR) is 118 cm³/mol. The third-order valence-corrected chi connectivity index (χ3v) is 5.91. The number of aromatic nitrogens is 1. The Morgan fingerprint density at radius 3 is 2.24 bits per heavy atom. The van der Waals surface area contributed by atoms with E-state index in [0.717, 1.165) is 22.8 Å². The number of carbonyl (C=O) groups excluding carboxylic acids is 2. The summed E-state index contributed by atoms with van der Waals surface area (Å²) in [5.41, 5.74) is -0.400. The molecule has 5 nitrogen and oxygen atoms in total. The number of hydrogen-bond donors (Lipinski definition) is 1. The van der Waals surface area contributed by atoms with Crippen LogP contribution < -0.4 is 0 Å². The minimum Gasteiger partial charge on any atom is -0.503 e. The van der Waals surface area contributed by atoms with Crippen LogP contribution in [0.25, 0.3) is 10.9 Å². The Balaban J connectivity index is 2.40. The Bertz CT molecular complexity index is 1280. The summed E-state index contributed by atoms with van der Waals surface area (Å²) in [4.78, 5) is 26.4. The van der Waals surface area contributed by atoms with Gasteiger partial charge in [0.05, 0.1) is 17.5 Å². The second kappa shape index (κ2) is 9.48. The Hall–Kier alpha value is -3.36. The number of esters is 1. The van der Waals surface area contributed by atoms with Gasteiger partial charge >= 0.3 is 5.97 Å². The summed E-state index contributed by atoms with van der Waals surface area (Å²) in [7, 11) is 0. The van der Waals surface area contributed by atoms with Crippen molar-refractivity contribution in [2.75, 3.05) is 0 Å². The molecule has 0 radical (unpaired) electrons. The van der Waals surface area contributed by atoms with Gasteiger partial charge in [0.1, 0.15) is 0 Å². The van der Waals surface area contributed by atoms with E-state index in [-0.39, 0.29) is 33.6 Å². The second-order valence-corrected chi connectivity index (χ2v) is 8.53. The van der Waals surface area contributed by atoms with Crippen molar-refractivity contribution >= 4 is 22.8 Å². The van der Waals surface area contributed by atoms with Gasteiger partial charge in [0.2, 0.25) is 0 Å². The third-order valence-electron chi connectivity index (χ3n) is 5.91. The van der Waals surface area contributed by atoms with E-state index in [9.17, 15) is 27.9 Å². The van der Waals surface area contributed by atoms with Crippen LogP contribution in [0.4, 0.5) is 17.6 Å². The summed E-state index contributed by atoms with van der Waals surface area (Å²) in [5, 5.41) is 9.64. The number of benzene rings is 2. The molecule has 1 unspecified atom stereocenters. The van der Waals surface area contributed by atoms with Crippen molar-refractivity contribution < 1.29 is 37.0 Å². The molecular weight excluding hydrogens is 454 g/mol. The van der Waals surface area contributed by atoms with Crippen molar-refractivity contribution in [2.24, 2.45) is 5.92 Å². The zero-order valence-corrected chi connectivity index (χ0v) is 19.4. The van der Waals surface area contributed by atoms with Crippen LogP contribution >= 0.6 is 0 Å². The molecule has 9 heteroatoms. The zero-order valence-electron chi connectivity index (χ0n) is 19.4. The van der Waals surface area contributed by atoms with Crippen LogP contribution in [0.3, 0.4) is 0 Å². The van der Waals surface area contributed by atoms with E-state index in [1.165, 1.54) is 6.92 Å². The number of hydrogen-bond acceptors (Lipinski definition) is 4. The predicted octanol–water partition coefficient (Wildman–Crippen LogP) is 5.98. The van der Waals surface area contributed by atoms with Crippen molar-refractivity contribution in [2.45, 2.75) is 53.1 Å². The zero-order chi connectivity index (χ0) is 25.5. The first kappa shape index (κ1) is 25.3. The SMILES string of the molecule is CC[C@H](C)C(C(=O)OC(C)C)c1c(C)n(C(=O)c2ccc(F)c(F)c2)c2cc(F)c(O)c(F)c12. The van der Waals surface area contributed by atoms with Gasteiger partial charge in [-0.15, -0.1) is 0 Å². The minimum absolute atomic E-state index is 0.0544. The number of aromatic hydroxyl groups is 1. The smallest absolute Gasteiger partial charge is 0.314 e. The molecule has 2 atom stereocenters. The summed E-state index contributed by atoms with van der Waals surface area (Å²) in [6, 6.07) is 3.25. The molecule has 0 aliphatic rings. The lowest BCUT2D eigenvalue weighted by Crippen LogP contribution is -2.25. The molecule has 0 saturated carbocycles. The first-order valence-corrected chi connectivity index (χ1v) is 10.8. The van der Waals surface area contributed by atoms with Crippen LogP contribution in [0.5, 0.6) is 5.75 Å². The van der Waals surface area contributed by atoms with E-state index in [2.05, 4.69) is 0 Å². The highest BCUT2D eigenvalue weighted by Crippen LogP contribution is 2.42. The molecule has 0 bridgehead atoms. The lowest BCUT2D eigenvalue weighted by atomic mass is 9.84. The molecule has 0 fully saturated rings. The van der Waals surface area contributed by atoms with Gasteiger partial charge < -0.3 is 9.84 Å². The summed E-state index contributed by atoms with van der Waals surface area (Å²) in [6.45, 7) is 8.29. The average Bonchev–Trinajstić information content (AvgIpc) is 3.04. The van der Waals surface area contributed by atoms with Gasteiger partial charge in [-0.1, -0.05) is 20.3 Å². The van der Waals surface area contributed by atoms with Crippen LogP contribution in [0.2, 0.25) is 0 Å². The first-order valence-electron chi connectivity index (χ1n) is 10.8. The standard InChI is InChI=1S/C25H25F4NO4/c1-6-12(4)19(25(33)34-11(2)3)20-13(5)30(18-10-17(28)23(31)22(29)21(18)20)24(32)14-7-8-15(26)16(27)9-14/h7-12,19,31H,6H2,1-5H3/t12-,19?/m0/s1. The van der Waals surface area contributed by atoms with Gasteiger partial charge in [-0.25, -0.2) is 17.6 Å². The molecule has 1 N–H and O–H groups in total. The fraction of sp³-hybridized carbons (Fsp3) is 0.360. The fourth-order valence-electron chi connectivity index (χ4n) is 4.09. The number of rotatable bonds is 6. The maximum atomic E-state index is 15.3. The van der Waals surface area contributed by atoms with Crippen LogP contribution in [0.1, 0.15) is 61.6 Å². The maximum Gasteiger partial charge on any atom is 0.314 e. The molecule has 34 heavy (non-hydrogen) atoms. The van der Waals surface area contributed by atoms with Gasteiger partial charge in [0.25, 0.3) is 5.91 Å². The molecule has 0 spiro atoms. The van der Waals surface area contributed by atoms with Gasteiger partial charge in [-0.2, -0.15) is 0 Å². The van der Waals surface area contributed by atoms with Gasteiger partial charge in [0, 0.05) is 22.7 Å². The number of carbonyl (C=O) groups is 2. The van der Waals surface area contributed by atoms with Crippen molar-refractivity contribution in [3.05, 3.63) is 64.4 Å². The Kier molecular flexibility index (Phi) is 7.05.